The standard InChI is InChI=1S/C32H34N2O6/c1-21(39-19-22-10-3-2-4-11-22)29(30(35)34-17-9-12-23(18-34)31(36)37)33-32(38)40-20-28-26-15-7-5-13-24(26)25-14-6-8-16-27(25)28/h2-8,10-11,13-16,21,23,28-29H,9,12,17-20H2,1H3,(H,33,38)(H,36,37). The van der Waals surface area contributed by atoms with Crippen molar-refractivity contribution >= 4 is 18.0 Å². The summed E-state index contributed by atoms with van der Waals surface area (Å²) in [6, 6.07) is 24.7. The van der Waals surface area contributed by atoms with E-state index in [1.54, 1.807) is 6.92 Å². The van der Waals surface area contributed by atoms with Crippen LogP contribution in [-0.2, 0) is 25.7 Å². The van der Waals surface area contributed by atoms with Gasteiger partial charge in [0.05, 0.1) is 18.6 Å². The Morgan fingerprint density at radius 3 is 2.23 bits per heavy atom. The molecule has 40 heavy (non-hydrogen) atoms. The van der Waals surface area contributed by atoms with Crippen LogP contribution in [0.25, 0.3) is 11.1 Å². The summed E-state index contributed by atoms with van der Waals surface area (Å²) in [6.07, 6.45) is -0.302. The molecule has 1 aliphatic heterocycles. The number of alkyl carbamates (subject to hydrolysis) is 1. The lowest BCUT2D eigenvalue weighted by molar-refractivity contribution is -0.147. The van der Waals surface area contributed by atoms with E-state index in [1.165, 1.54) is 4.90 Å². The molecule has 8 nitrogen and oxygen atoms in total. The van der Waals surface area contributed by atoms with Gasteiger partial charge in [0.15, 0.2) is 0 Å². The van der Waals surface area contributed by atoms with Crippen molar-refractivity contribution in [3.05, 3.63) is 95.6 Å². The van der Waals surface area contributed by atoms with Crippen LogP contribution in [-0.4, -0.2) is 59.8 Å². The monoisotopic (exact) mass is 542 g/mol. The summed E-state index contributed by atoms with van der Waals surface area (Å²) in [5, 5.41) is 12.2. The number of nitrogens with zero attached hydrogens (tertiary/aromatic N) is 1. The van der Waals surface area contributed by atoms with Gasteiger partial charge in [0.25, 0.3) is 0 Å². The maximum absolute atomic E-state index is 13.6. The summed E-state index contributed by atoms with van der Waals surface area (Å²) in [4.78, 5) is 39.9. The van der Waals surface area contributed by atoms with Crippen molar-refractivity contribution < 1.29 is 29.0 Å². The Balaban J connectivity index is 1.28. The molecule has 3 aromatic carbocycles. The molecular formula is C32H34N2O6. The molecule has 5 rings (SSSR count). The van der Waals surface area contributed by atoms with Gasteiger partial charge < -0.3 is 24.8 Å². The van der Waals surface area contributed by atoms with Crippen molar-refractivity contribution in [2.24, 2.45) is 5.92 Å². The molecule has 1 fully saturated rings. The van der Waals surface area contributed by atoms with E-state index in [1.807, 2.05) is 66.7 Å². The third-order valence-corrected chi connectivity index (χ3v) is 7.79. The molecule has 3 aromatic rings. The fourth-order valence-corrected chi connectivity index (χ4v) is 5.62. The van der Waals surface area contributed by atoms with Crippen LogP contribution in [0.5, 0.6) is 0 Å². The van der Waals surface area contributed by atoms with E-state index in [9.17, 15) is 19.5 Å². The minimum absolute atomic E-state index is 0.0996. The zero-order valence-corrected chi connectivity index (χ0v) is 22.5. The number of carbonyl (C=O) groups excluding carboxylic acids is 2. The molecule has 3 atom stereocenters. The maximum atomic E-state index is 13.6. The first-order valence-corrected chi connectivity index (χ1v) is 13.7. The quantitative estimate of drug-likeness (QED) is 0.402. The van der Waals surface area contributed by atoms with E-state index < -0.39 is 30.1 Å². The molecule has 0 saturated carbocycles. The Morgan fingerprint density at radius 1 is 0.950 bits per heavy atom. The van der Waals surface area contributed by atoms with Crippen molar-refractivity contribution in [2.75, 3.05) is 19.7 Å². The number of likely N-dealkylation sites (tertiary alicyclic amines) is 1. The zero-order valence-electron chi connectivity index (χ0n) is 22.5. The van der Waals surface area contributed by atoms with Crippen LogP contribution in [0.4, 0.5) is 4.79 Å². The molecule has 2 aliphatic rings. The predicted molar refractivity (Wildman–Crippen MR) is 150 cm³/mol. The van der Waals surface area contributed by atoms with E-state index >= 15 is 0 Å². The Morgan fingerprint density at radius 2 is 1.57 bits per heavy atom. The highest BCUT2D eigenvalue weighted by atomic mass is 16.5. The van der Waals surface area contributed by atoms with Crippen molar-refractivity contribution in [2.45, 2.75) is 44.4 Å². The smallest absolute Gasteiger partial charge is 0.407 e. The fourth-order valence-electron chi connectivity index (χ4n) is 5.62. The van der Waals surface area contributed by atoms with E-state index in [0.29, 0.717) is 19.4 Å². The lowest BCUT2D eigenvalue weighted by atomic mass is 9.97. The topological polar surface area (TPSA) is 105 Å². The van der Waals surface area contributed by atoms with Gasteiger partial charge in [-0.1, -0.05) is 78.9 Å². The molecule has 0 aromatic heterocycles. The summed E-state index contributed by atoms with van der Waals surface area (Å²) < 4.78 is 11.7. The number of carboxylic acid groups (broad SMARTS) is 1. The van der Waals surface area contributed by atoms with Crippen LogP contribution in [0.2, 0.25) is 0 Å². The Hall–Kier alpha value is -4.17. The third kappa shape index (κ3) is 6.02. The van der Waals surface area contributed by atoms with Crippen LogP contribution in [0.1, 0.15) is 42.4 Å². The van der Waals surface area contributed by atoms with E-state index in [-0.39, 0.29) is 31.6 Å². The van der Waals surface area contributed by atoms with Gasteiger partial charge in [0.1, 0.15) is 12.6 Å². The first-order chi connectivity index (χ1) is 19.4. The van der Waals surface area contributed by atoms with Gasteiger partial charge in [-0.3, -0.25) is 9.59 Å². The Kier molecular flexibility index (Phi) is 8.45. The second-order valence-corrected chi connectivity index (χ2v) is 10.4. The van der Waals surface area contributed by atoms with Gasteiger partial charge in [-0.05, 0) is 47.6 Å². The minimum Gasteiger partial charge on any atom is -0.481 e. The molecule has 0 spiro atoms. The molecule has 8 heteroatoms. The number of rotatable bonds is 9. The SMILES string of the molecule is CC(OCc1ccccc1)C(NC(=O)OCC1c2ccccc2-c2ccccc21)C(=O)N1CCCC(C(=O)O)C1. The van der Waals surface area contributed by atoms with Gasteiger partial charge in [-0.25, -0.2) is 4.79 Å². The van der Waals surface area contributed by atoms with Crippen molar-refractivity contribution in [1.82, 2.24) is 10.2 Å². The van der Waals surface area contributed by atoms with Crippen molar-refractivity contribution in [1.29, 1.82) is 0 Å². The average molecular weight is 543 g/mol. The number of fused-ring (bicyclic) bond motifs is 3. The maximum Gasteiger partial charge on any atom is 0.407 e. The van der Waals surface area contributed by atoms with E-state index in [4.69, 9.17) is 9.47 Å². The number of piperidine rings is 1. The number of amides is 2. The summed E-state index contributed by atoms with van der Waals surface area (Å²) in [5.74, 6) is -2.04. The van der Waals surface area contributed by atoms with Crippen LogP contribution < -0.4 is 5.32 Å². The summed E-state index contributed by atoms with van der Waals surface area (Å²) in [7, 11) is 0. The largest absolute Gasteiger partial charge is 0.481 e. The number of ether oxygens (including phenoxy) is 2. The molecule has 3 unspecified atom stereocenters. The highest BCUT2D eigenvalue weighted by Crippen LogP contribution is 2.44. The lowest BCUT2D eigenvalue weighted by Gasteiger charge is -2.35. The van der Waals surface area contributed by atoms with Crippen LogP contribution in [0.3, 0.4) is 0 Å². The molecule has 0 radical (unpaired) electrons. The normalized spacial score (nSPS) is 17.8. The van der Waals surface area contributed by atoms with Gasteiger partial charge >= 0.3 is 12.1 Å². The fraction of sp³-hybridized carbons (Fsp3) is 0.344. The molecule has 2 N–H and O–H groups in total. The van der Waals surface area contributed by atoms with Crippen LogP contribution >= 0.6 is 0 Å². The molecule has 2 amide bonds. The van der Waals surface area contributed by atoms with Gasteiger partial charge in [-0.2, -0.15) is 0 Å². The first kappa shape index (κ1) is 27.4. The van der Waals surface area contributed by atoms with Crippen LogP contribution in [0, 0.1) is 5.92 Å². The minimum atomic E-state index is -1.04. The Bertz CT molecular complexity index is 1310. The number of carboxylic acids is 1. The van der Waals surface area contributed by atoms with E-state index in [2.05, 4.69) is 17.4 Å². The highest BCUT2D eigenvalue weighted by Gasteiger charge is 2.36. The highest BCUT2D eigenvalue weighted by molar-refractivity contribution is 5.87. The lowest BCUT2D eigenvalue weighted by Crippen LogP contribution is -2.56. The molecular weight excluding hydrogens is 508 g/mol. The third-order valence-electron chi connectivity index (χ3n) is 7.79. The molecule has 1 saturated heterocycles. The summed E-state index contributed by atoms with van der Waals surface area (Å²) in [6.45, 7) is 2.63. The number of hydrogen-bond acceptors (Lipinski definition) is 5. The van der Waals surface area contributed by atoms with Gasteiger partial charge in [0, 0.05) is 19.0 Å². The average Bonchev–Trinajstić information content (AvgIpc) is 3.31. The summed E-state index contributed by atoms with van der Waals surface area (Å²) in [5.41, 5.74) is 5.38. The number of carbonyl (C=O) groups is 3. The second-order valence-electron chi connectivity index (χ2n) is 10.4. The number of nitrogens with one attached hydrogen (secondary N) is 1. The molecule has 1 heterocycles. The zero-order chi connectivity index (χ0) is 28.1. The second kappa shape index (κ2) is 12.3. The van der Waals surface area contributed by atoms with Gasteiger partial charge in [0.2, 0.25) is 5.91 Å². The molecule has 0 bridgehead atoms. The van der Waals surface area contributed by atoms with Gasteiger partial charge in [-0.15, -0.1) is 0 Å². The number of aliphatic carboxylic acids is 1. The first-order valence-electron chi connectivity index (χ1n) is 13.7. The van der Waals surface area contributed by atoms with Crippen LogP contribution in [0.15, 0.2) is 78.9 Å². The van der Waals surface area contributed by atoms with E-state index in [0.717, 1.165) is 27.8 Å². The Labute approximate surface area is 233 Å². The van der Waals surface area contributed by atoms with Crippen molar-refractivity contribution in [3.8, 4) is 11.1 Å². The predicted octanol–water partition coefficient (Wildman–Crippen LogP) is 4.82. The molecule has 208 valence electrons. The van der Waals surface area contributed by atoms with Crippen molar-refractivity contribution in [3.63, 3.8) is 0 Å². The molecule has 1 aliphatic carbocycles. The summed E-state index contributed by atoms with van der Waals surface area (Å²) >= 11 is 0. The number of benzene rings is 3. The number of hydrogen-bond donors (Lipinski definition) is 2.